The van der Waals surface area contributed by atoms with Crippen LogP contribution in [0.5, 0.6) is 0 Å². The van der Waals surface area contributed by atoms with Crippen LogP contribution in [0.15, 0.2) is 72.8 Å². The molecule has 0 fully saturated rings. The average Bonchev–Trinajstić information content (AvgIpc) is 2.64. The van der Waals surface area contributed by atoms with Crippen LogP contribution in [0.25, 0.3) is 0 Å². The fourth-order valence-electron chi connectivity index (χ4n) is 2.35. The highest BCUT2D eigenvalue weighted by atomic mass is 35.5. The summed E-state index contributed by atoms with van der Waals surface area (Å²) in [6.45, 7) is 0. The van der Waals surface area contributed by atoms with Crippen molar-refractivity contribution in [2.45, 2.75) is 0 Å². The number of rotatable bonds is 5. The van der Waals surface area contributed by atoms with Crippen LogP contribution < -0.4 is 10.6 Å². The normalized spacial score (nSPS) is 10.4. The van der Waals surface area contributed by atoms with Crippen molar-refractivity contribution in [2.75, 3.05) is 10.6 Å². The van der Waals surface area contributed by atoms with E-state index in [1.165, 1.54) is 6.07 Å². The highest BCUT2D eigenvalue weighted by Crippen LogP contribution is 2.28. The molecule has 0 amide bonds. The smallest absolute Gasteiger partial charge is 0.196 e. The van der Waals surface area contributed by atoms with E-state index in [2.05, 4.69) is 5.43 Å². The van der Waals surface area contributed by atoms with E-state index in [0.29, 0.717) is 15.9 Å². The number of nitrogens with zero attached hydrogens (tertiary/aromatic N) is 1. The highest BCUT2D eigenvalue weighted by molar-refractivity contribution is 6.37. The van der Waals surface area contributed by atoms with Crippen LogP contribution in [0.3, 0.4) is 0 Å². The molecule has 3 aromatic carbocycles. The van der Waals surface area contributed by atoms with Crippen LogP contribution in [0, 0.1) is 5.21 Å². The van der Waals surface area contributed by atoms with Crippen molar-refractivity contribution in [2.24, 2.45) is 0 Å². The second-order valence-corrected chi connectivity index (χ2v) is 6.09. The quantitative estimate of drug-likeness (QED) is 0.471. The molecule has 0 atom stereocenters. The summed E-state index contributed by atoms with van der Waals surface area (Å²) in [5.74, 6) is -0.376. The van der Waals surface area contributed by atoms with Gasteiger partial charge < -0.3 is 15.8 Å². The number of hydrogen-bond donors (Lipinski definition) is 1. The molecule has 0 aliphatic rings. The van der Waals surface area contributed by atoms with Gasteiger partial charge >= 0.3 is 0 Å². The van der Waals surface area contributed by atoms with Gasteiger partial charge in [0, 0.05) is 16.1 Å². The molecule has 0 saturated carbocycles. The summed E-state index contributed by atoms with van der Waals surface area (Å²) in [6.07, 6.45) is 0. The fourth-order valence-corrected chi connectivity index (χ4v) is 2.72. The maximum atomic E-state index is 12.9. The summed E-state index contributed by atoms with van der Waals surface area (Å²) in [4.78, 5) is 12.9. The Balaban J connectivity index is 1.95. The Morgan fingerprint density at radius 1 is 0.880 bits per heavy atom. The van der Waals surface area contributed by atoms with Crippen LogP contribution in [-0.4, -0.2) is 5.78 Å². The summed E-state index contributed by atoms with van der Waals surface area (Å²) in [6, 6.07) is 20.1. The van der Waals surface area contributed by atoms with Gasteiger partial charge in [0.25, 0.3) is 0 Å². The highest BCUT2D eigenvalue weighted by Gasteiger charge is 2.17. The maximum absolute atomic E-state index is 12.9. The zero-order valence-corrected chi connectivity index (χ0v) is 14.5. The van der Waals surface area contributed by atoms with E-state index in [-0.39, 0.29) is 27.6 Å². The molecule has 4 nitrogen and oxygen atoms in total. The first-order chi connectivity index (χ1) is 12.1. The summed E-state index contributed by atoms with van der Waals surface area (Å²) >= 11 is 12.1. The molecule has 0 bridgehead atoms. The van der Waals surface area contributed by atoms with E-state index in [9.17, 15) is 10.0 Å². The first kappa shape index (κ1) is 17.3. The fraction of sp³-hybridized carbons (Fsp3) is 0. The number of benzene rings is 3. The molecule has 0 aliphatic carbocycles. The van der Waals surface area contributed by atoms with Crippen molar-refractivity contribution in [3.05, 3.63) is 99.2 Å². The van der Waals surface area contributed by atoms with Crippen molar-refractivity contribution < 1.29 is 4.79 Å². The zero-order valence-electron chi connectivity index (χ0n) is 12.9. The third-order valence-corrected chi connectivity index (χ3v) is 4.11. The Hall–Kier alpha value is -2.53. The van der Waals surface area contributed by atoms with Gasteiger partial charge in [0.15, 0.2) is 5.78 Å². The first-order valence-electron chi connectivity index (χ1n) is 7.44. The molecule has 3 aromatic rings. The molecule has 0 aromatic heterocycles. The Labute approximate surface area is 155 Å². The second-order valence-electron chi connectivity index (χ2n) is 5.24. The molecule has 3 rings (SSSR count). The van der Waals surface area contributed by atoms with Gasteiger partial charge in [0.2, 0.25) is 0 Å². The SMILES string of the molecule is O=C(c1cc(Cl)ccc1Cl)c1ccccc1N([O-])Nc1ccccc1. The average molecular weight is 372 g/mol. The lowest BCUT2D eigenvalue weighted by atomic mass is 10.0. The summed E-state index contributed by atoms with van der Waals surface area (Å²) in [7, 11) is 0. The van der Waals surface area contributed by atoms with E-state index in [0.717, 1.165) is 0 Å². The van der Waals surface area contributed by atoms with E-state index in [1.54, 1.807) is 60.7 Å². The molecule has 0 aliphatic heterocycles. The number of anilines is 2. The predicted molar refractivity (Wildman–Crippen MR) is 102 cm³/mol. The lowest BCUT2D eigenvalue weighted by Gasteiger charge is -2.33. The largest absolute Gasteiger partial charge is 0.739 e. The minimum atomic E-state index is -0.376. The molecule has 25 heavy (non-hydrogen) atoms. The van der Waals surface area contributed by atoms with Gasteiger partial charge in [0.05, 0.1) is 16.4 Å². The van der Waals surface area contributed by atoms with Crippen molar-refractivity contribution >= 4 is 40.4 Å². The Kier molecular flexibility index (Phi) is 5.24. The number of nitrogens with one attached hydrogen (secondary N) is 1. The van der Waals surface area contributed by atoms with E-state index >= 15 is 0 Å². The van der Waals surface area contributed by atoms with E-state index in [4.69, 9.17) is 23.2 Å². The van der Waals surface area contributed by atoms with E-state index in [1.807, 2.05) is 6.07 Å². The van der Waals surface area contributed by atoms with Gasteiger partial charge in [-0.3, -0.25) is 4.79 Å². The second kappa shape index (κ2) is 7.57. The summed E-state index contributed by atoms with van der Waals surface area (Å²) in [5.41, 5.74) is 3.97. The lowest BCUT2D eigenvalue weighted by molar-refractivity contribution is 0.103. The van der Waals surface area contributed by atoms with Gasteiger partial charge in [-0.05, 0) is 42.5 Å². The number of carbonyl (C=O) groups excluding carboxylic acids is 1. The maximum Gasteiger partial charge on any atom is 0.196 e. The lowest BCUT2D eigenvalue weighted by Crippen LogP contribution is -2.24. The van der Waals surface area contributed by atoms with Crippen molar-refractivity contribution in [1.82, 2.24) is 0 Å². The predicted octanol–water partition coefficient (Wildman–Crippen LogP) is 5.56. The topological polar surface area (TPSA) is 55.4 Å². The van der Waals surface area contributed by atoms with Gasteiger partial charge in [0.1, 0.15) is 0 Å². The molecule has 0 saturated heterocycles. The molecule has 6 heteroatoms. The Bertz CT molecular complexity index is 901. The molecule has 1 N–H and O–H groups in total. The number of para-hydroxylation sites is 2. The third kappa shape index (κ3) is 3.94. The summed E-state index contributed by atoms with van der Waals surface area (Å²) < 4.78 is 0. The number of hydrazine groups is 1. The number of ketones is 1. The zero-order chi connectivity index (χ0) is 17.8. The first-order valence-corrected chi connectivity index (χ1v) is 8.19. The van der Waals surface area contributed by atoms with Crippen molar-refractivity contribution in [1.29, 1.82) is 0 Å². The molecular formula is C19H13Cl2N2O2-. The van der Waals surface area contributed by atoms with Crippen molar-refractivity contribution in [3.8, 4) is 0 Å². The number of carbonyl (C=O) groups is 1. The number of hydrogen-bond acceptors (Lipinski definition) is 4. The monoisotopic (exact) mass is 371 g/mol. The van der Waals surface area contributed by atoms with Gasteiger partial charge in [-0.1, -0.05) is 53.5 Å². The Morgan fingerprint density at radius 2 is 1.56 bits per heavy atom. The van der Waals surface area contributed by atoms with Crippen molar-refractivity contribution in [3.63, 3.8) is 0 Å². The minimum Gasteiger partial charge on any atom is -0.739 e. The van der Waals surface area contributed by atoms with Crippen LogP contribution >= 0.6 is 23.2 Å². The van der Waals surface area contributed by atoms with Crippen LogP contribution in [0.2, 0.25) is 10.0 Å². The summed E-state index contributed by atoms with van der Waals surface area (Å²) in [5, 5.41) is 13.7. The molecule has 126 valence electrons. The molecular weight excluding hydrogens is 359 g/mol. The van der Waals surface area contributed by atoms with Crippen LogP contribution in [-0.2, 0) is 0 Å². The molecule has 0 heterocycles. The molecule has 0 spiro atoms. The third-order valence-electron chi connectivity index (χ3n) is 3.54. The van der Waals surface area contributed by atoms with E-state index < -0.39 is 0 Å². The van der Waals surface area contributed by atoms with Gasteiger partial charge in [-0.2, -0.15) is 0 Å². The van der Waals surface area contributed by atoms with Gasteiger partial charge in [-0.25, -0.2) is 0 Å². The standard InChI is InChI=1S/C19H13Cl2N2O2/c20-13-10-11-17(21)16(12-13)19(24)15-8-4-5-9-18(15)23(25)22-14-6-2-1-3-7-14/h1-12,22H/q-1. The van der Waals surface area contributed by atoms with Gasteiger partial charge in [-0.15, -0.1) is 0 Å². The molecule has 0 unspecified atom stereocenters. The van der Waals surface area contributed by atoms with Crippen LogP contribution in [0.1, 0.15) is 15.9 Å². The van der Waals surface area contributed by atoms with Crippen LogP contribution in [0.4, 0.5) is 11.4 Å². The minimum absolute atomic E-state index is 0.187. The molecule has 0 radical (unpaired) electrons. The number of halogens is 2. The Morgan fingerprint density at radius 3 is 2.32 bits per heavy atom.